The molecule has 1 fully saturated rings. The van der Waals surface area contributed by atoms with Crippen LogP contribution in [0.3, 0.4) is 0 Å². The van der Waals surface area contributed by atoms with E-state index in [-0.39, 0.29) is 11.8 Å². The molecule has 5 rings (SSSR count). The van der Waals surface area contributed by atoms with Crippen LogP contribution in [0.5, 0.6) is 0 Å². The SMILES string of the molecule is Cc1cccc(-c2nccc(Nc3ccnc(Cc4cccc(NC(=O)C5CCCNC5)c4)n3)n2)n1. The summed E-state index contributed by atoms with van der Waals surface area (Å²) in [5.41, 5.74) is 3.43. The predicted molar refractivity (Wildman–Crippen MR) is 139 cm³/mol. The van der Waals surface area contributed by atoms with Crippen LogP contribution >= 0.6 is 0 Å². The number of aromatic nitrogens is 5. The van der Waals surface area contributed by atoms with Crippen molar-refractivity contribution < 1.29 is 4.79 Å². The topological polar surface area (TPSA) is 118 Å². The number of hydrogen-bond donors (Lipinski definition) is 3. The van der Waals surface area contributed by atoms with Gasteiger partial charge in [0.2, 0.25) is 5.91 Å². The molecule has 0 spiro atoms. The molecule has 0 bridgehead atoms. The molecule has 1 atom stereocenters. The fourth-order valence-corrected chi connectivity index (χ4v) is 4.17. The number of piperidine rings is 1. The molecule has 1 aliphatic rings. The van der Waals surface area contributed by atoms with Gasteiger partial charge in [0.25, 0.3) is 0 Å². The first-order valence-corrected chi connectivity index (χ1v) is 12.1. The van der Waals surface area contributed by atoms with E-state index in [9.17, 15) is 4.79 Å². The average Bonchev–Trinajstić information content (AvgIpc) is 2.90. The van der Waals surface area contributed by atoms with E-state index in [2.05, 4.69) is 40.9 Å². The summed E-state index contributed by atoms with van der Waals surface area (Å²) in [6, 6.07) is 17.2. The van der Waals surface area contributed by atoms with Gasteiger partial charge in [-0.1, -0.05) is 18.2 Å². The third kappa shape index (κ3) is 6.05. The molecule has 1 saturated heterocycles. The third-order valence-corrected chi connectivity index (χ3v) is 5.96. The van der Waals surface area contributed by atoms with Gasteiger partial charge in [0.05, 0.1) is 5.92 Å². The second kappa shape index (κ2) is 11.0. The number of amides is 1. The van der Waals surface area contributed by atoms with Crippen LogP contribution in [-0.2, 0) is 11.2 Å². The van der Waals surface area contributed by atoms with E-state index >= 15 is 0 Å². The minimum absolute atomic E-state index is 0.0116. The number of pyridine rings is 1. The first-order valence-electron chi connectivity index (χ1n) is 12.1. The van der Waals surface area contributed by atoms with Gasteiger partial charge in [0, 0.05) is 36.7 Å². The van der Waals surface area contributed by atoms with E-state index in [0.29, 0.717) is 35.4 Å². The third-order valence-electron chi connectivity index (χ3n) is 5.96. The molecule has 1 unspecified atom stereocenters. The Kier molecular flexibility index (Phi) is 7.18. The van der Waals surface area contributed by atoms with Crippen LogP contribution < -0.4 is 16.0 Å². The first-order chi connectivity index (χ1) is 17.6. The van der Waals surface area contributed by atoms with Crippen LogP contribution in [0.1, 0.15) is 29.9 Å². The molecule has 9 nitrogen and oxygen atoms in total. The number of nitrogens with zero attached hydrogens (tertiary/aromatic N) is 5. The highest BCUT2D eigenvalue weighted by molar-refractivity contribution is 5.92. The number of aryl methyl sites for hydroxylation is 1. The zero-order chi connectivity index (χ0) is 24.7. The van der Waals surface area contributed by atoms with Gasteiger partial charge < -0.3 is 16.0 Å². The summed E-state index contributed by atoms with van der Waals surface area (Å²) in [5, 5.41) is 9.58. The van der Waals surface area contributed by atoms with Crippen molar-refractivity contribution in [3.05, 3.63) is 84.1 Å². The van der Waals surface area contributed by atoms with Crippen molar-refractivity contribution in [3.8, 4) is 11.5 Å². The van der Waals surface area contributed by atoms with Gasteiger partial charge in [-0.15, -0.1) is 0 Å². The smallest absolute Gasteiger partial charge is 0.228 e. The standard InChI is InChI=1S/C27H28N8O/c1-18-5-2-9-22(31-18)26-30-14-11-24(35-26)33-23-10-13-29-25(34-23)16-19-6-3-8-21(15-19)32-27(36)20-7-4-12-28-17-20/h2-3,5-6,8-11,13-15,20,28H,4,7,12,16-17H2,1H3,(H,32,36)(H,29,30,33,34,35). The molecule has 0 aliphatic carbocycles. The fourth-order valence-electron chi connectivity index (χ4n) is 4.17. The number of rotatable bonds is 7. The van der Waals surface area contributed by atoms with E-state index < -0.39 is 0 Å². The molecule has 1 aliphatic heterocycles. The van der Waals surface area contributed by atoms with Gasteiger partial charge in [-0.25, -0.2) is 24.9 Å². The number of nitrogens with one attached hydrogen (secondary N) is 3. The zero-order valence-corrected chi connectivity index (χ0v) is 20.1. The van der Waals surface area contributed by atoms with Crippen LogP contribution in [0.15, 0.2) is 67.0 Å². The Bertz CT molecular complexity index is 1350. The van der Waals surface area contributed by atoms with Gasteiger partial charge in [0.1, 0.15) is 23.2 Å². The Morgan fingerprint density at radius 2 is 1.83 bits per heavy atom. The Morgan fingerprint density at radius 1 is 1.00 bits per heavy atom. The van der Waals surface area contributed by atoms with Gasteiger partial charge in [-0.3, -0.25) is 4.79 Å². The highest BCUT2D eigenvalue weighted by Crippen LogP contribution is 2.19. The molecule has 1 aromatic carbocycles. The molecule has 182 valence electrons. The summed E-state index contributed by atoms with van der Waals surface area (Å²) in [5.74, 6) is 2.53. The molecule has 3 N–H and O–H groups in total. The highest BCUT2D eigenvalue weighted by atomic mass is 16.1. The second-order valence-electron chi connectivity index (χ2n) is 8.82. The molecular weight excluding hydrogens is 452 g/mol. The lowest BCUT2D eigenvalue weighted by Gasteiger charge is -2.22. The normalized spacial score (nSPS) is 15.3. The van der Waals surface area contributed by atoms with E-state index in [0.717, 1.165) is 42.9 Å². The van der Waals surface area contributed by atoms with Crippen LogP contribution in [-0.4, -0.2) is 43.9 Å². The molecule has 0 radical (unpaired) electrons. The minimum atomic E-state index is 0.0116. The summed E-state index contributed by atoms with van der Waals surface area (Å²) in [6.45, 7) is 3.65. The van der Waals surface area contributed by atoms with Crippen LogP contribution in [0, 0.1) is 12.8 Å². The van der Waals surface area contributed by atoms with Crippen molar-refractivity contribution in [1.29, 1.82) is 0 Å². The molecule has 1 amide bonds. The molecular formula is C27H28N8O. The monoisotopic (exact) mass is 480 g/mol. The molecule has 3 aromatic heterocycles. The summed E-state index contributed by atoms with van der Waals surface area (Å²) >= 11 is 0. The average molecular weight is 481 g/mol. The quantitative estimate of drug-likeness (QED) is 0.364. The molecule has 4 heterocycles. The largest absolute Gasteiger partial charge is 0.326 e. The number of anilines is 3. The number of benzene rings is 1. The maximum absolute atomic E-state index is 12.6. The van der Waals surface area contributed by atoms with Crippen LogP contribution in [0.25, 0.3) is 11.5 Å². The highest BCUT2D eigenvalue weighted by Gasteiger charge is 2.20. The predicted octanol–water partition coefficient (Wildman–Crippen LogP) is 3.91. The van der Waals surface area contributed by atoms with E-state index in [1.165, 1.54) is 0 Å². The lowest BCUT2D eigenvalue weighted by atomic mass is 9.98. The second-order valence-corrected chi connectivity index (χ2v) is 8.82. The van der Waals surface area contributed by atoms with Crippen molar-refractivity contribution in [3.63, 3.8) is 0 Å². The molecule has 9 heteroatoms. The van der Waals surface area contributed by atoms with Gasteiger partial charge in [-0.2, -0.15) is 0 Å². The van der Waals surface area contributed by atoms with Crippen molar-refractivity contribution in [2.45, 2.75) is 26.2 Å². The Morgan fingerprint density at radius 3 is 2.67 bits per heavy atom. The summed E-state index contributed by atoms with van der Waals surface area (Å²) < 4.78 is 0. The van der Waals surface area contributed by atoms with Gasteiger partial charge in [0.15, 0.2) is 5.82 Å². The van der Waals surface area contributed by atoms with Crippen molar-refractivity contribution >= 4 is 23.2 Å². The molecule has 4 aromatic rings. The number of carbonyl (C=O) groups is 1. The molecule has 0 saturated carbocycles. The Labute approximate surface area is 209 Å². The van der Waals surface area contributed by atoms with Crippen LogP contribution in [0.2, 0.25) is 0 Å². The first kappa shape index (κ1) is 23.5. The lowest BCUT2D eigenvalue weighted by molar-refractivity contribution is -0.120. The van der Waals surface area contributed by atoms with Crippen molar-refractivity contribution in [1.82, 2.24) is 30.2 Å². The van der Waals surface area contributed by atoms with Gasteiger partial charge in [-0.05, 0) is 68.3 Å². The van der Waals surface area contributed by atoms with E-state index in [4.69, 9.17) is 0 Å². The summed E-state index contributed by atoms with van der Waals surface area (Å²) in [7, 11) is 0. The zero-order valence-electron chi connectivity index (χ0n) is 20.1. The van der Waals surface area contributed by atoms with E-state index in [1.807, 2.05) is 49.4 Å². The number of hydrogen-bond acceptors (Lipinski definition) is 8. The van der Waals surface area contributed by atoms with Crippen molar-refractivity contribution in [2.24, 2.45) is 5.92 Å². The Hall–Kier alpha value is -4.24. The van der Waals surface area contributed by atoms with E-state index in [1.54, 1.807) is 24.5 Å². The summed E-state index contributed by atoms with van der Waals surface area (Å²) in [6.07, 6.45) is 5.89. The number of carbonyl (C=O) groups excluding carboxylic acids is 1. The maximum Gasteiger partial charge on any atom is 0.228 e. The Balaban J connectivity index is 1.26. The summed E-state index contributed by atoms with van der Waals surface area (Å²) in [4.78, 5) is 35.1. The van der Waals surface area contributed by atoms with Crippen molar-refractivity contribution in [2.75, 3.05) is 23.7 Å². The van der Waals surface area contributed by atoms with Crippen LogP contribution in [0.4, 0.5) is 17.3 Å². The maximum atomic E-state index is 12.6. The molecule has 36 heavy (non-hydrogen) atoms. The minimum Gasteiger partial charge on any atom is -0.326 e. The van der Waals surface area contributed by atoms with Gasteiger partial charge >= 0.3 is 0 Å². The fraction of sp³-hybridized carbons (Fsp3) is 0.259. The lowest BCUT2D eigenvalue weighted by Crippen LogP contribution is -2.37.